The van der Waals surface area contributed by atoms with Gasteiger partial charge >= 0.3 is 0 Å². The Balaban J connectivity index is 1.44. The summed E-state index contributed by atoms with van der Waals surface area (Å²) in [5, 5.41) is 16.2. The highest BCUT2D eigenvalue weighted by Gasteiger charge is 2.21. The molecular weight excluding hydrogens is 406 g/mol. The van der Waals surface area contributed by atoms with Gasteiger partial charge in [0.05, 0.1) is 11.4 Å². The number of rotatable bonds is 7. The Labute approximate surface area is 176 Å². The zero-order valence-corrected chi connectivity index (χ0v) is 17.3. The van der Waals surface area contributed by atoms with Crippen molar-refractivity contribution >= 4 is 29.5 Å². The van der Waals surface area contributed by atoms with Gasteiger partial charge in [-0.25, -0.2) is 9.67 Å². The molecular formula is C19H19N7OS2. The van der Waals surface area contributed by atoms with Gasteiger partial charge in [0.15, 0.2) is 10.6 Å². The third-order valence-electron chi connectivity index (χ3n) is 4.48. The van der Waals surface area contributed by atoms with Crippen molar-refractivity contribution in [1.82, 2.24) is 34.8 Å². The van der Waals surface area contributed by atoms with E-state index in [2.05, 4.69) is 25.6 Å². The van der Waals surface area contributed by atoms with Crippen LogP contribution in [-0.2, 0) is 17.9 Å². The molecule has 29 heavy (non-hydrogen) atoms. The largest absolute Gasteiger partial charge is 0.350 e. The van der Waals surface area contributed by atoms with E-state index in [1.54, 1.807) is 26.9 Å². The van der Waals surface area contributed by atoms with Crippen LogP contribution in [0.4, 0.5) is 0 Å². The highest BCUT2D eigenvalue weighted by atomic mass is 32.1. The highest BCUT2D eigenvalue weighted by Crippen LogP contribution is 2.25. The van der Waals surface area contributed by atoms with Gasteiger partial charge in [-0.3, -0.25) is 14.5 Å². The summed E-state index contributed by atoms with van der Waals surface area (Å²) < 4.78 is 3.93. The number of hydrogen-bond donors (Lipinski definition) is 2. The van der Waals surface area contributed by atoms with E-state index in [0.29, 0.717) is 23.7 Å². The van der Waals surface area contributed by atoms with Gasteiger partial charge in [0.2, 0.25) is 5.91 Å². The van der Waals surface area contributed by atoms with Crippen molar-refractivity contribution in [1.29, 1.82) is 0 Å². The van der Waals surface area contributed by atoms with Gasteiger partial charge < -0.3 is 5.32 Å². The monoisotopic (exact) mass is 425 g/mol. The van der Waals surface area contributed by atoms with Gasteiger partial charge in [0, 0.05) is 6.54 Å². The van der Waals surface area contributed by atoms with E-state index < -0.39 is 6.04 Å². The smallest absolute Gasteiger partial charge is 0.243 e. The van der Waals surface area contributed by atoms with Crippen LogP contribution in [0.1, 0.15) is 24.1 Å². The molecule has 1 atom stereocenters. The maximum atomic E-state index is 12.8. The Morgan fingerprint density at radius 1 is 1.31 bits per heavy atom. The van der Waals surface area contributed by atoms with Gasteiger partial charge in [-0.05, 0) is 41.7 Å². The second-order valence-electron chi connectivity index (χ2n) is 6.51. The van der Waals surface area contributed by atoms with Gasteiger partial charge in [0.1, 0.15) is 18.7 Å². The van der Waals surface area contributed by atoms with Crippen molar-refractivity contribution in [2.75, 3.05) is 0 Å². The van der Waals surface area contributed by atoms with Crippen LogP contribution < -0.4 is 5.32 Å². The number of amides is 1. The molecule has 1 aromatic carbocycles. The summed E-state index contributed by atoms with van der Waals surface area (Å²) in [6, 6.07) is 11.4. The molecule has 0 saturated heterocycles. The summed E-state index contributed by atoms with van der Waals surface area (Å²) in [6.45, 7) is 2.87. The van der Waals surface area contributed by atoms with Crippen molar-refractivity contribution in [2.45, 2.75) is 26.1 Å². The first kappa shape index (κ1) is 19.2. The average molecular weight is 426 g/mol. The maximum Gasteiger partial charge on any atom is 0.243 e. The molecule has 0 radical (unpaired) electrons. The Kier molecular flexibility index (Phi) is 5.63. The van der Waals surface area contributed by atoms with E-state index in [-0.39, 0.29) is 5.91 Å². The predicted octanol–water partition coefficient (Wildman–Crippen LogP) is 3.19. The number of nitrogens with one attached hydrogen (secondary N) is 2. The molecule has 0 aliphatic rings. The fraction of sp³-hybridized carbons (Fsp3) is 0.211. The molecule has 3 aromatic heterocycles. The summed E-state index contributed by atoms with van der Waals surface area (Å²) >= 11 is 6.90. The predicted molar refractivity (Wildman–Crippen MR) is 113 cm³/mol. The number of hydrogen-bond acceptors (Lipinski definition) is 6. The molecule has 3 heterocycles. The minimum Gasteiger partial charge on any atom is -0.350 e. The quantitative estimate of drug-likeness (QED) is 0.444. The van der Waals surface area contributed by atoms with Crippen LogP contribution in [0.15, 0.2) is 54.4 Å². The average Bonchev–Trinajstić information content (AvgIpc) is 3.48. The Bertz CT molecular complexity index is 1150. The second kappa shape index (κ2) is 8.50. The fourth-order valence-electron chi connectivity index (χ4n) is 3.04. The number of aromatic nitrogens is 6. The molecule has 1 unspecified atom stereocenters. The zero-order chi connectivity index (χ0) is 20.2. The fourth-order valence-corrected chi connectivity index (χ4v) is 4.04. The lowest BCUT2D eigenvalue weighted by Crippen LogP contribution is -2.31. The van der Waals surface area contributed by atoms with Gasteiger partial charge in [-0.15, -0.1) is 11.3 Å². The molecule has 4 aromatic rings. The van der Waals surface area contributed by atoms with E-state index >= 15 is 0 Å². The van der Waals surface area contributed by atoms with Gasteiger partial charge in [-0.1, -0.05) is 30.3 Å². The topological polar surface area (TPSA) is 93.4 Å². The van der Waals surface area contributed by atoms with Crippen molar-refractivity contribution in [3.63, 3.8) is 0 Å². The summed E-state index contributed by atoms with van der Waals surface area (Å²) in [4.78, 5) is 17.7. The van der Waals surface area contributed by atoms with Crippen molar-refractivity contribution < 1.29 is 4.79 Å². The molecule has 0 aliphatic heterocycles. The third-order valence-corrected chi connectivity index (χ3v) is 5.64. The molecule has 0 aliphatic carbocycles. The number of H-pyrrole nitrogens is 1. The zero-order valence-electron chi connectivity index (χ0n) is 15.6. The summed E-state index contributed by atoms with van der Waals surface area (Å²) in [5.74, 6) is 0.546. The van der Waals surface area contributed by atoms with Gasteiger partial charge in [0.25, 0.3) is 0 Å². The standard InChI is InChI=1S/C19H19N7OS2/c1-13(26-17(23-24-19(26)28)16-6-3-7-29-16)18(27)21-9-14-4-2-5-15(8-14)10-25-12-20-11-22-25/h2-8,11-13H,9-10H2,1H3,(H,21,27)(H,24,28). The van der Waals surface area contributed by atoms with E-state index in [0.717, 1.165) is 16.0 Å². The normalized spacial score (nSPS) is 12.0. The number of thiophene rings is 1. The lowest BCUT2D eigenvalue weighted by molar-refractivity contribution is -0.124. The third kappa shape index (κ3) is 4.33. The summed E-state index contributed by atoms with van der Waals surface area (Å²) in [7, 11) is 0. The number of carbonyl (C=O) groups excluding carboxylic acids is 1. The molecule has 1 amide bonds. The van der Waals surface area contributed by atoms with E-state index in [1.165, 1.54) is 6.33 Å². The number of carbonyl (C=O) groups is 1. The lowest BCUT2D eigenvalue weighted by Gasteiger charge is -2.15. The molecule has 8 nitrogen and oxygen atoms in total. The number of benzene rings is 1. The second-order valence-corrected chi connectivity index (χ2v) is 7.84. The van der Waals surface area contributed by atoms with Crippen LogP contribution in [0.2, 0.25) is 0 Å². The van der Waals surface area contributed by atoms with Gasteiger partial charge in [-0.2, -0.15) is 10.2 Å². The summed E-state index contributed by atoms with van der Waals surface area (Å²) in [5.41, 5.74) is 2.10. The molecule has 0 spiro atoms. The molecule has 2 N–H and O–H groups in total. The maximum absolute atomic E-state index is 12.8. The molecule has 148 valence electrons. The van der Waals surface area contributed by atoms with Crippen molar-refractivity contribution in [3.8, 4) is 10.7 Å². The molecule has 10 heteroatoms. The molecule has 0 fully saturated rings. The number of nitrogens with zero attached hydrogens (tertiary/aromatic N) is 5. The van der Waals surface area contributed by atoms with Crippen LogP contribution >= 0.6 is 23.6 Å². The first-order valence-corrected chi connectivity index (χ1v) is 10.3. The van der Waals surface area contributed by atoms with Crippen molar-refractivity contribution in [2.24, 2.45) is 0 Å². The highest BCUT2D eigenvalue weighted by molar-refractivity contribution is 7.71. The van der Waals surface area contributed by atoms with E-state index in [9.17, 15) is 4.79 Å². The Morgan fingerprint density at radius 2 is 2.17 bits per heavy atom. The Hall–Kier alpha value is -3.11. The van der Waals surface area contributed by atoms with Crippen LogP contribution in [0, 0.1) is 4.77 Å². The first-order valence-electron chi connectivity index (χ1n) is 9.00. The molecule has 0 bridgehead atoms. The number of aromatic amines is 1. The van der Waals surface area contributed by atoms with E-state index in [1.807, 2.05) is 48.7 Å². The first-order chi connectivity index (χ1) is 14.1. The van der Waals surface area contributed by atoms with Crippen LogP contribution in [0.5, 0.6) is 0 Å². The SMILES string of the molecule is CC(C(=O)NCc1cccc(Cn2cncn2)c1)n1c(-c2cccs2)n[nH]c1=S. The van der Waals surface area contributed by atoms with Crippen LogP contribution in [-0.4, -0.2) is 35.4 Å². The van der Waals surface area contributed by atoms with E-state index in [4.69, 9.17) is 12.2 Å². The lowest BCUT2D eigenvalue weighted by atomic mass is 10.1. The van der Waals surface area contributed by atoms with Crippen LogP contribution in [0.25, 0.3) is 10.7 Å². The summed E-state index contributed by atoms with van der Waals surface area (Å²) in [6.07, 6.45) is 3.19. The van der Waals surface area contributed by atoms with Crippen molar-refractivity contribution in [3.05, 3.63) is 70.3 Å². The van der Waals surface area contributed by atoms with Crippen LogP contribution in [0.3, 0.4) is 0 Å². The minimum atomic E-state index is -0.489. The minimum absolute atomic E-state index is 0.123. The molecule has 0 saturated carbocycles. The molecule has 4 rings (SSSR count). The Morgan fingerprint density at radius 3 is 2.93 bits per heavy atom.